The topological polar surface area (TPSA) is 0 Å². The normalized spacial score (nSPS) is 17.1. The summed E-state index contributed by atoms with van der Waals surface area (Å²) >= 11 is 1.59. The van der Waals surface area contributed by atoms with Crippen LogP contribution in [-0.4, -0.2) is 0 Å². The third kappa shape index (κ3) is 2.46. The van der Waals surface area contributed by atoms with Crippen LogP contribution in [0.5, 0.6) is 0 Å². The molecule has 13 heavy (non-hydrogen) atoms. The van der Waals surface area contributed by atoms with E-state index in [2.05, 4.69) is 37.3 Å². The van der Waals surface area contributed by atoms with E-state index in [0.717, 1.165) is 0 Å². The van der Waals surface area contributed by atoms with Crippen LogP contribution in [0.3, 0.4) is 0 Å². The minimum atomic E-state index is 0. The third-order valence-corrected chi connectivity index (χ3v) is 3.39. The molecule has 69 valence electrons. The Morgan fingerprint density at radius 3 is 2.54 bits per heavy atom. The van der Waals surface area contributed by atoms with Crippen molar-refractivity contribution in [2.75, 3.05) is 0 Å². The molecule has 1 atom stereocenters. The Labute approximate surface area is 106 Å². The number of fused-ring (bicyclic) bond motifs is 1. The van der Waals surface area contributed by atoms with E-state index < -0.39 is 0 Å². The van der Waals surface area contributed by atoms with E-state index in [4.69, 9.17) is 0 Å². The second-order valence-corrected chi connectivity index (χ2v) is 4.44. The van der Waals surface area contributed by atoms with Crippen molar-refractivity contribution in [1.29, 1.82) is 0 Å². The zero-order valence-electron chi connectivity index (χ0n) is 7.28. The summed E-state index contributed by atoms with van der Waals surface area (Å²) in [5, 5.41) is 0. The summed E-state index contributed by atoms with van der Waals surface area (Å²) in [6.07, 6.45) is 4.56. The summed E-state index contributed by atoms with van der Waals surface area (Å²) in [6.45, 7) is 2.18. The first-order chi connectivity index (χ1) is 5.29. The third-order valence-electron chi connectivity index (χ3n) is 2.15. The quantitative estimate of drug-likeness (QED) is 0.687. The molecule has 0 aliphatic heterocycles. The minimum absolute atomic E-state index is 0. The molecule has 0 nitrogen and oxygen atoms in total. The minimum Gasteiger partial charge on any atom is -0.147 e. The molecule has 0 N–H and O–H groups in total. The predicted molar refractivity (Wildman–Crippen MR) is 57.5 cm³/mol. The van der Waals surface area contributed by atoms with Gasteiger partial charge in [0.25, 0.3) is 0 Å². The van der Waals surface area contributed by atoms with Gasteiger partial charge in [-0.05, 0) is 0 Å². The van der Waals surface area contributed by atoms with E-state index in [0.29, 0.717) is 3.63 Å². The number of allylic oxidation sites excluding steroid dienone is 1. The monoisotopic (exact) mass is 291 g/mol. The number of hydrogen-bond acceptors (Lipinski definition) is 0. The number of benzene rings is 1. The molecule has 0 spiro atoms. The summed E-state index contributed by atoms with van der Waals surface area (Å²) < 4.78 is 0.706. The molecule has 1 aliphatic rings. The van der Waals surface area contributed by atoms with Crippen LogP contribution in [-0.2, 0) is 24.7 Å². The SMILES string of the molecule is Cc1cccc2c1C=C[C@@H]2[Zr].Cl.Cl. The van der Waals surface area contributed by atoms with E-state index in [1.807, 2.05) is 0 Å². The Hall–Kier alpha value is 0.423. The Morgan fingerprint density at radius 1 is 1.23 bits per heavy atom. The van der Waals surface area contributed by atoms with E-state index >= 15 is 0 Å². The van der Waals surface area contributed by atoms with Gasteiger partial charge in [0, 0.05) is 0 Å². The van der Waals surface area contributed by atoms with Crippen molar-refractivity contribution in [2.45, 2.75) is 10.5 Å². The van der Waals surface area contributed by atoms with Crippen molar-refractivity contribution in [3.05, 3.63) is 41.0 Å². The van der Waals surface area contributed by atoms with Gasteiger partial charge in [-0.25, -0.2) is 0 Å². The van der Waals surface area contributed by atoms with Crippen LogP contribution >= 0.6 is 24.8 Å². The molecule has 0 heterocycles. The fourth-order valence-corrected chi connectivity index (χ4v) is 2.35. The van der Waals surface area contributed by atoms with Gasteiger partial charge < -0.3 is 0 Å². The van der Waals surface area contributed by atoms with Gasteiger partial charge in [0.2, 0.25) is 0 Å². The van der Waals surface area contributed by atoms with Gasteiger partial charge in [-0.1, -0.05) is 0 Å². The Morgan fingerprint density at radius 2 is 1.92 bits per heavy atom. The summed E-state index contributed by atoms with van der Waals surface area (Å²) in [7, 11) is 0. The van der Waals surface area contributed by atoms with E-state index in [1.54, 1.807) is 24.7 Å². The molecule has 0 bridgehead atoms. The van der Waals surface area contributed by atoms with Gasteiger partial charge >= 0.3 is 82.3 Å². The maximum Gasteiger partial charge on any atom is -0.147 e. The van der Waals surface area contributed by atoms with E-state index in [9.17, 15) is 0 Å². The maximum atomic E-state index is 2.30. The maximum absolute atomic E-state index is 2.30. The number of aryl methyl sites for hydroxylation is 1. The Bertz CT molecular complexity index is 321. The molecule has 0 amide bonds. The Kier molecular flexibility index (Phi) is 5.51. The smallest absolute Gasteiger partial charge is 0.147 e. The summed E-state index contributed by atoms with van der Waals surface area (Å²) in [6, 6.07) is 6.57. The van der Waals surface area contributed by atoms with Crippen molar-refractivity contribution in [3.63, 3.8) is 0 Å². The molecule has 0 aromatic heterocycles. The molecule has 0 saturated carbocycles. The van der Waals surface area contributed by atoms with Crippen molar-refractivity contribution < 1.29 is 24.7 Å². The largest absolute Gasteiger partial charge is 0.147 e. The molecular weight excluding hydrogens is 282 g/mol. The molecule has 1 aromatic carbocycles. The first-order valence-corrected chi connectivity index (χ1v) is 5.20. The van der Waals surface area contributed by atoms with Gasteiger partial charge in [-0.15, -0.1) is 24.8 Å². The van der Waals surface area contributed by atoms with Gasteiger partial charge in [0.05, 0.1) is 0 Å². The van der Waals surface area contributed by atoms with Gasteiger partial charge in [0.1, 0.15) is 0 Å². The molecule has 0 unspecified atom stereocenters. The molecular formula is C10H11Cl2Zr. The van der Waals surface area contributed by atoms with Gasteiger partial charge in [-0.2, -0.15) is 0 Å². The summed E-state index contributed by atoms with van der Waals surface area (Å²) in [5.74, 6) is 0. The molecule has 1 aliphatic carbocycles. The first-order valence-electron chi connectivity index (χ1n) is 3.78. The fourth-order valence-electron chi connectivity index (χ4n) is 1.50. The predicted octanol–water partition coefficient (Wildman–Crippen LogP) is 3.45. The number of halogens is 2. The fraction of sp³-hybridized carbons (Fsp3) is 0.200. The van der Waals surface area contributed by atoms with Crippen LogP contribution in [0, 0.1) is 6.92 Å². The standard InChI is InChI=1S/C10H9.2ClH.Zr/c1-8-4-2-5-9-6-3-7-10(8)9;;;/h2-7H,1H3;2*1H;. The van der Waals surface area contributed by atoms with Crippen LogP contribution in [0.25, 0.3) is 6.08 Å². The van der Waals surface area contributed by atoms with Crippen LogP contribution in [0.4, 0.5) is 0 Å². The zero-order valence-corrected chi connectivity index (χ0v) is 11.4. The average Bonchev–Trinajstić information content (AvgIpc) is 2.35. The van der Waals surface area contributed by atoms with Crippen molar-refractivity contribution in [1.82, 2.24) is 0 Å². The molecule has 2 rings (SSSR count). The molecule has 0 fully saturated rings. The van der Waals surface area contributed by atoms with Crippen molar-refractivity contribution in [3.8, 4) is 0 Å². The van der Waals surface area contributed by atoms with Crippen LogP contribution in [0.1, 0.15) is 20.3 Å². The van der Waals surface area contributed by atoms with Crippen LogP contribution in [0.15, 0.2) is 24.3 Å². The van der Waals surface area contributed by atoms with Crippen molar-refractivity contribution >= 4 is 30.9 Å². The zero-order chi connectivity index (χ0) is 7.84. The van der Waals surface area contributed by atoms with Gasteiger partial charge in [-0.3, -0.25) is 0 Å². The second-order valence-electron chi connectivity index (χ2n) is 2.91. The second kappa shape index (κ2) is 5.34. The molecule has 0 saturated heterocycles. The average molecular weight is 293 g/mol. The first kappa shape index (κ1) is 13.4. The Balaban J connectivity index is 0.000000720. The van der Waals surface area contributed by atoms with E-state index in [-0.39, 0.29) is 24.8 Å². The van der Waals surface area contributed by atoms with Gasteiger partial charge in [0.15, 0.2) is 0 Å². The summed E-state index contributed by atoms with van der Waals surface area (Å²) in [5.41, 5.74) is 4.38. The van der Waals surface area contributed by atoms with E-state index in [1.165, 1.54) is 16.7 Å². The molecule has 0 radical (unpaired) electrons. The van der Waals surface area contributed by atoms with Crippen LogP contribution < -0.4 is 0 Å². The number of rotatable bonds is 0. The summed E-state index contributed by atoms with van der Waals surface area (Å²) in [4.78, 5) is 0. The molecule has 3 heteroatoms. The number of hydrogen-bond donors (Lipinski definition) is 0. The molecule has 1 aromatic rings. The van der Waals surface area contributed by atoms with Crippen LogP contribution in [0.2, 0.25) is 0 Å². The van der Waals surface area contributed by atoms with Crippen molar-refractivity contribution in [2.24, 2.45) is 0 Å².